The monoisotopic (exact) mass is 392 g/mol. The van der Waals surface area contributed by atoms with Crippen LogP contribution in [0.25, 0.3) is 22.4 Å². The number of fused-ring (bicyclic) bond motifs is 2. The average Bonchev–Trinajstić information content (AvgIpc) is 3.34. The molecule has 0 atom stereocenters. The molecule has 0 fully saturated rings. The van der Waals surface area contributed by atoms with Crippen LogP contribution in [0.4, 0.5) is 15.8 Å². The van der Waals surface area contributed by atoms with Gasteiger partial charge in [-0.3, -0.25) is 4.79 Å². The highest BCUT2D eigenvalue weighted by Gasteiger charge is 2.28. The number of methoxy groups -OCH3 is 1. The summed E-state index contributed by atoms with van der Waals surface area (Å²) in [6, 6.07) is 6.44. The van der Waals surface area contributed by atoms with Gasteiger partial charge in [0.2, 0.25) is 0 Å². The molecular formula is C20H17FN6O2. The summed E-state index contributed by atoms with van der Waals surface area (Å²) >= 11 is 0. The van der Waals surface area contributed by atoms with Crippen molar-refractivity contribution in [3.63, 3.8) is 0 Å². The van der Waals surface area contributed by atoms with Gasteiger partial charge in [0, 0.05) is 30.4 Å². The molecule has 5 rings (SSSR count). The number of anilines is 2. The number of carbonyl (C=O) groups is 1. The Labute approximate surface area is 164 Å². The Morgan fingerprint density at radius 3 is 3.00 bits per heavy atom. The summed E-state index contributed by atoms with van der Waals surface area (Å²) in [5, 5.41) is 6.08. The summed E-state index contributed by atoms with van der Waals surface area (Å²) in [7, 11) is 1.40. The molecule has 1 aromatic carbocycles. The van der Waals surface area contributed by atoms with Crippen LogP contribution in [0.1, 0.15) is 16.1 Å². The maximum absolute atomic E-state index is 14.2. The Balaban J connectivity index is 1.74. The van der Waals surface area contributed by atoms with Crippen molar-refractivity contribution in [2.75, 3.05) is 19.0 Å². The predicted octanol–water partition coefficient (Wildman–Crippen LogP) is 3.13. The molecule has 0 aliphatic carbocycles. The Kier molecular flexibility index (Phi) is 3.94. The molecule has 4 heterocycles. The summed E-state index contributed by atoms with van der Waals surface area (Å²) in [5.74, 6) is -0.611. The lowest BCUT2D eigenvalue weighted by Gasteiger charge is -2.16. The maximum Gasteiger partial charge on any atom is 0.255 e. The normalized spacial score (nSPS) is 13.2. The van der Waals surface area contributed by atoms with Gasteiger partial charge in [0.1, 0.15) is 0 Å². The third kappa shape index (κ3) is 2.70. The van der Waals surface area contributed by atoms with Crippen LogP contribution in [0, 0.1) is 5.82 Å². The highest BCUT2D eigenvalue weighted by atomic mass is 19.1. The van der Waals surface area contributed by atoms with Crippen molar-refractivity contribution in [2.24, 2.45) is 0 Å². The van der Waals surface area contributed by atoms with Crippen LogP contribution < -0.4 is 15.4 Å². The number of imidazole rings is 1. The average molecular weight is 392 g/mol. The first-order valence-corrected chi connectivity index (χ1v) is 9.08. The molecular weight excluding hydrogens is 375 g/mol. The van der Waals surface area contributed by atoms with E-state index in [0.717, 1.165) is 16.8 Å². The highest BCUT2D eigenvalue weighted by molar-refractivity contribution is 6.08. The lowest BCUT2D eigenvalue weighted by molar-refractivity contribution is 0.0947. The van der Waals surface area contributed by atoms with E-state index in [0.29, 0.717) is 41.2 Å². The van der Waals surface area contributed by atoms with Crippen molar-refractivity contribution in [2.45, 2.75) is 6.42 Å². The second-order valence-electron chi connectivity index (χ2n) is 6.64. The van der Waals surface area contributed by atoms with Crippen molar-refractivity contribution in [1.29, 1.82) is 0 Å². The molecule has 0 spiro atoms. The minimum absolute atomic E-state index is 0.0750. The number of amides is 1. The van der Waals surface area contributed by atoms with E-state index >= 15 is 0 Å². The molecule has 3 aromatic heterocycles. The van der Waals surface area contributed by atoms with Crippen LogP contribution >= 0.6 is 0 Å². The number of aromatic nitrogens is 4. The van der Waals surface area contributed by atoms with Gasteiger partial charge in [-0.1, -0.05) is 6.07 Å². The fourth-order valence-corrected chi connectivity index (χ4v) is 3.71. The van der Waals surface area contributed by atoms with Gasteiger partial charge in [-0.05, 0) is 18.2 Å². The lowest BCUT2D eigenvalue weighted by Crippen LogP contribution is -2.31. The smallest absolute Gasteiger partial charge is 0.255 e. The van der Waals surface area contributed by atoms with Crippen LogP contribution in [-0.2, 0) is 6.42 Å². The molecule has 1 aliphatic heterocycles. The largest absolute Gasteiger partial charge is 0.492 e. The van der Waals surface area contributed by atoms with Crippen LogP contribution in [0.5, 0.6) is 5.75 Å². The Hall–Kier alpha value is -3.88. The summed E-state index contributed by atoms with van der Waals surface area (Å²) in [4.78, 5) is 27.6. The third-order valence-corrected chi connectivity index (χ3v) is 4.99. The summed E-state index contributed by atoms with van der Waals surface area (Å²) < 4.78 is 19.4. The van der Waals surface area contributed by atoms with E-state index in [9.17, 15) is 9.18 Å². The van der Waals surface area contributed by atoms with Gasteiger partial charge in [0.05, 0.1) is 41.6 Å². The first-order chi connectivity index (χ1) is 14.2. The lowest BCUT2D eigenvalue weighted by atomic mass is 10.0. The number of nitrogens with one attached hydrogen (secondary N) is 4. The number of halogens is 1. The second-order valence-corrected chi connectivity index (χ2v) is 6.64. The second kappa shape index (κ2) is 6.62. The molecule has 9 heteroatoms. The van der Waals surface area contributed by atoms with Gasteiger partial charge in [0.25, 0.3) is 5.91 Å². The third-order valence-electron chi connectivity index (χ3n) is 4.99. The molecule has 4 N–H and O–H groups in total. The summed E-state index contributed by atoms with van der Waals surface area (Å²) in [6.07, 6.45) is 3.89. The van der Waals surface area contributed by atoms with E-state index in [2.05, 4.69) is 30.6 Å². The van der Waals surface area contributed by atoms with E-state index in [1.165, 1.54) is 13.2 Å². The number of benzene rings is 1. The van der Waals surface area contributed by atoms with Crippen molar-refractivity contribution in [3.05, 3.63) is 53.9 Å². The maximum atomic E-state index is 14.2. The molecule has 4 aromatic rings. The summed E-state index contributed by atoms with van der Waals surface area (Å²) in [6.45, 7) is 0.546. The number of H-pyrrole nitrogens is 2. The van der Waals surface area contributed by atoms with Gasteiger partial charge >= 0.3 is 0 Å². The predicted molar refractivity (Wildman–Crippen MR) is 106 cm³/mol. The first-order valence-electron chi connectivity index (χ1n) is 9.08. The number of rotatable bonds is 4. The number of ether oxygens (including phenoxy) is 1. The SMILES string of the molecule is COc1c(F)cccc1Nc1c(-c2ccnc3nc[nH]c23)[nH]c2c1C(=O)NCC2. The number of hydrogen-bond donors (Lipinski definition) is 4. The van der Waals surface area contributed by atoms with E-state index in [4.69, 9.17) is 4.74 Å². The van der Waals surface area contributed by atoms with Gasteiger partial charge < -0.3 is 25.3 Å². The minimum atomic E-state index is -0.493. The Morgan fingerprint density at radius 2 is 2.14 bits per heavy atom. The van der Waals surface area contributed by atoms with Crippen molar-refractivity contribution in [1.82, 2.24) is 25.3 Å². The summed E-state index contributed by atoms with van der Waals surface area (Å²) in [5.41, 5.74) is 5.07. The van der Waals surface area contributed by atoms with Crippen molar-refractivity contribution < 1.29 is 13.9 Å². The van der Waals surface area contributed by atoms with Crippen LogP contribution in [0.3, 0.4) is 0 Å². The number of hydrogen-bond acceptors (Lipinski definition) is 5. The number of aromatic amines is 2. The standard InChI is InChI=1S/C20H17FN6O2/c1-29-18-11(21)3-2-4-13(18)27-17-14-12(6-8-23-20(14)28)26-15(17)10-5-7-22-19-16(10)24-9-25-19/h2-5,7,9,26-27H,6,8H2,1H3,(H,23,28)(H,22,24,25). The zero-order valence-corrected chi connectivity index (χ0v) is 15.5. The van der Waals surface area contributed by atoms with E-state index in [-0.39, 0.29) is 11.7 Å². The van der Waals surface area contributed by atoms with Crippen LogP contribution in [0.15, 0.2) is 36.8 Å². The van der Waals surface area contributed by atoms with Crippen LogP contribution in [0.2, 0.25) is 0 Å². The van der Waals surface area contributed by atoms with Gasteiger partial charge in [-0.2, -0.15) is 0 Å². The molecule has 0 saturated heterocycles. The molecule has 0 saturated carbocycles. The van der Waals surface area contributed by atoms with Crippen molar-refractivity contribution in [3.8, 4) is 17.0 Å². The quantitative estimate of drug-likeness (QED) is 0.427. The zero-order chi connectivity index (χ0) is 20.0. The van der Waals surface area contributed by atoms with Crippen molar-refractivity contribution >= 4 is 28.4 Å². The Bertz CT molecular complexity index is 1250. The molecule has 0 bridgehead atoms. The molecule has 0 unspecified atom stereocenters. The molecule has 8 nitrogen and oxygen atoms in total. The highest BCUT2D eigenvalue weighted by Crippen LogP contribution is 2.40. The number of pyridine rings is 1. The van der Waals surface area contributed by atoms with Gasteiger partial charge in [-0.15, -0.1) is 0 Å². The molecule has 146 valence electrons. The van der Waals surface area contributed by atoms with E-state index < -0.39 is 5.82 Å². The molecule has 1 aliphatic rings. The van der Waals surface area contributed by atoms with E-state index in [1.54, 1.807) is 24.7 Å². The molecule has 0 radical (unpaired) electrons. The number of nitrogens with zero attached hydrogens (tertiary/aromatic N) is 2. The molecule has 29 heavy (non-hydrogen) atoms. The fourth-order valence-electron chi connectivity index (χ4n) is 3.71. The zero-order valence-electron chi connectivity index (χ0n) is 15.5. The fraction of sp³-hybridized carbons (Fsp3) is 0.150. The van der Waals surface area contributed by atoms with E-state index in [1.807, 2.05) is 6.07 Å². The van der Waals surface area contributed by atoms with Gasteiger partial charge in [0.15, 0.2) is 17.2 Å². The first kappa shape index (κ1) is 17.2. The number of carbonyl (C=O) groups excluding carboxylic acids is 1. The molecule has 1 amide bonds. The van der Waals surface area contributed by atoms with Crippen LogP contribution in [-0.4, -0.2) is 39.5 Å². The van der Waals surface area contributed by atoms with Gasteiger partial charge in [-0.25, -0.2) is 14.4 Å². The minimum Gasteiger partial charge on any atom is -0.492 e. The Morgan fingerprint density at radius 1 is 1.24 bits per heavy atom. The number of para-hydroxylation sites is 1. The topological polar surface area (TPSA) is 108 Å².